The number of amides is 3. The maximum Gasteiger partial charge on any atom is 0.349 e. The van der Waals surface area contributed by atoms with E-state index in [1.54, 1.807) is 0 Å². The lowest BCUT2D eigenvalue weighted by molar-refractivity contribution is -0.156. The van der Waals surface area contributed by atoms with Gasteiger partial charge in [-0.05, 0) is 5.92 Å². The summed E-state index contributed by atoms with van der Waals surface area (Å²) in [5.41, 5.74) is 0. The predicted molar refractivity (Wildman–Crippen MR) is 41.0 cm³/mol. The molecule has 68 valence electrons. The van der Waals surface area contributed by atoms with Gasteiger partial charge in [-0.2, -0.15) is 0 Å². The van der Waals surface area contributed by atoms with Crippen LogP contribution in [0.1, 0.15) is 13.8 Å². The van der Waals surface area contributed by atoms with Crippen molar-refractivity contribution in [3.8, 4) is 0 Å². The molecule has 1 fully saturated rings. The average Bonchev–Trinajstić information content (AvgIpc) is 2.27. The van der Waals surface area contributed by atoms with E-state index >= 15 is 0 Å². The minimum atomic E-state index is -0.485. The van der Waals surface area contributed by atoms with Crippen molar-refractivity contribution in [1.29, 1.82) is 0 Å². The van der Waals surface area contributed by atoms with E-state index < -0.39 is 12.1 Å². The van der Waals surface area contributed by atoms with E-state index in [1.807, 2.05) is 13.8 Å². The van der Waals surface area contributed by atoms with E-state index in [4.69, 9.17) is 0 Å². The van der Waals surface area contributed by atoms with Gasteiger partial charge in [-0.3, -0.25) is 9.63 Å². The van der Waals surface area contributed by atoms with Crippen molar-refractivity contribution >= 4 is 11.9 Å². The van der Waals surface area contributed by atoms with Crippen molar-refractivity contribution in [3.63, 3.8) is 0 Å². The molecule has 1 aliphatic rings. The SMILES string of the molecule is CON1C(=O)N[C@@H](C(C)C)C1=O. The molecule has 3 amide bonds. The summed E-state index contributed by atoms with van der Waals surface area (Å²) in [6.07, 6.45) is 0. The largest absolute Gasteiger partial charge is 0.349 e. The van der Waals surface area contributed by atoms with Gasteiger partial charge in [0.1, 0.15) is 6.04 Å². The zero-order chi connectivity index (χ0) is 9.30. The van der Waals surface area contributed by atoms with Crippen LogP contribution in [0.2, 0.25) is 0 Å². The molecule has 0 unspecified atom stereocenters. The molecule has 12 heavy (non-hydrogen) atoms. The van der Waals surface area contributed by atoms with Gasteiger partial charge in [-0.25, -0.2) is 4.79 Å². The van der Waals surface area contributed by atoms with Gasteiger partial charge in [0, 0.05) is 0 Å². The number of imide groups is 1. The van der Waals surface area contributed by atoms with E-state index in [1.165, 1.54) is 7.11 Å². The van der Waals surface area contributed by atoms with Crippen molar-refractivity contribution in [2.45, 2.75) is 19.9 Å². The lowest BCUT2D eigenvalue weighted by Gasteiger charge is -2.11. The molecular formula is C7H12N2O3. The monoisotopic (exact) mass is 172 g/mol. The number of hydrogen-bond acceptors (Lipinski definition) is 3. The normalized spacial score (nSPS) is 23.7. The Morgan fingerprint density at radius 1 is 1.50 bits per heavy atom. The summed E-state index contributed by atoms with van der Waals surface area (Å²) < 4.78 is 0. The molecule has 0 aromatic carbocycles. The number of rotatable bonds is 2. The summed E-state index contributed by atoms with van der Waals surface area (Å²) in [6.45, 7) is 3.73. The lowest BCUT2D eigenvalue weighted by atomic mass is 10.1. The van der Waals surface area contributed by atoms with Crippen molar-refractivity contribution in [1.82, 2.24) is 10.4 Å². The van der Waals surface area contributed by atoms with Gasteiger partial charge in [-0.15, -0.1) is 5.06 Å². The number of nitrogens with one attached hydrogen (secondary N) is 1. The molecule has 0 saturated carbocycles. The summed E-state index contributed by atoms with van der Waals surface area (Å²) in [7, 11) is 1.29. The number of urea groups is 1. The van der Waals surface area contributed by atoms with Gasteiger partial charge in [0.15, 0.2) is 0 Å². The molecule has 0 radical (unpaired) electrons. The van der Waals surface area contributed by atoms with Crippen molar-refractivity contribution in [2.75, 3.05) is 7.11 Å². The molecule has 1 atom stereocenters. The standard InChI is InChI=1S/C7H12N2O3/c1-4(2)5-6(10)9(12-3)7(11)8-5/h4-5H,1-3H3,(H,8,11)/t5-/m0/s1. The number of nitrogens with zero attached hydrogens (tertiary/aromatic N) is 1. The first-order chi connectivity index (χ1) is 5.57. The first kappa shape index (κ1) is 8.99. The molecule has 0 bridgehead atoms. The lowest BCUT2D eigenvalue weighted by Crippen LogP contribution is -2.34. The zero-order valence-corrected chi connectivity index (χ0v) is 7.33. The fraction of sp³-hybridized carbons (Fsp3) is 0.714. The number of hydroxylamine groups is 2. The quantitative estimate of drug-likeness (QED) is 0.602. The van der Waals surface area contributed by atoms with Crippen LogP contribution in [0.25, 0.3) is 0 Å². The Morgan fingerprint density at radius 3 is 2.33 bits per heavy atom. The molecule has 5 nitrogen and oxygen atoms in total. The van der Waals surface area contributed by atoms with Crippen molar-refractivity contribution < 1.29 is 14.4 Å². The molecule has 5 heteroatoms. The van der Waals surface area contributed by atoms with Crippen molar-refractivity contribution in [2.24, 2.45) is 5.92 Å². The Hall–Kier alpha value is -1.10. The van der Waals surface area contributed by atoms with Crippen LogP contribution in [0.15, 0.2) is 0 Å². The van der Waals surface area contributed by atoms with Crippen LogP contribution in [0.4, 0.5) is 4.79 Å². The molecule has 0 aromatic heterocycles. The third kappa shape index (κ3) is 1.27. The first-order valence-corrected chi connectivity index (χ1v) is 3.76. The van der Waals surface area contributed by atoms with E-state index in [0.717, 1.165) is 5.06 Å². The second-order valence-corrected chi connectivity index (χ2v) is 2.99. The van der Waals surface area contributed by atoms with Crippen LogP contribution < -0.4 is 5.32 Å². The van der Waals surface area contributed by atoms with Crippen LogP contribution in [-0.2, 0) is 9.63 Å². The molecule has 1 N–H and O–H groups in total. The highest BCUT2D eigenvalue weighted by molar-refractivity contribution is 6.03. The minimum Gasteiger partial charge on any atom is -0.324 e. The van der Waals surface area contributed by atoms with Crippen LogP contribution in [-0.4, -0.2) is 30.2 Å². The van der Waals surface area contributed by atoms with Crippen LogP contribution in [0.3, 0.4) is 0 Å². The maximum atomic E-state index is 11.3. The third-order valence-electron chi connectivity index (χ3n) is 1.78. The van der Waals surface area contributed by atoms with Crippen molar-refractivity contribution in [3.05, 3.63) is 0 Å². The number of carbonyl (C=O) groups excluding carboxylic acids is 2. The highest BCUT2D eigenvalue weighted by Gasteiger charge is 2.40. The van der Waals surface area contributed by atoms with E-state index in [-0.39, 0.29) is 11.8 Å². The first-order valence-electron chi connectivity index (χ1n) is 3.76. The predicted octanol–water partition coefficient (Wildman–Crippen LogP) is 0.124. The maximum absolute atomic E-state index is 11.3. The Morgan fingerprint density at radius 2 is 2.08 bits per heavy atom. The summed E-state index contributed by atoms with van der Waals surface area (Å²) in [5, 5.41) is 3.26. The van der Waals surface area contributed by atoms with E-state index in [9.17, 15) is 9.59 Å². The summed E-state index contributed by atoms with van der Waals surface area (Å²) in [6, 6.07) is -0.932. The van der Waals surface area contributed by atoms with Crippen LogP contribution >= 0.6 is 0 Å². The molecule has 0 aromatic rings. The second kappa shape index (κ2) is 3.10. The second-order valence-electron chi connectivity index (χ2n) is 2.99. The smallest absolute Gasteiger partial charge is 0.324 e. The highest BCUT2D eigenvalue weighted by Crippen LogP contribution is 2.12. The van der Waals surface area contributed by atoms with Gasteiger partial charge < -0.3 is 5.32 Å². The Bertz CT molecular complexity index is 215. The van der Waals surface area contributed by atoms with Gasteiger partial charge >= 0.3 is 6.03 Å². The fourth-order valence-corrected chi connectivity index (χ4v) is 1.10. The minimum absolute atomic E-state index is 0.0848. The van der Waals surface area contributed by atoms with E-state index in [2.05, 4.69) is 10.2 Å². The fourth-order valence-electron chi connectivity index (χ4n) is 1.10. The zero-order valence-electron chi connectivity index (χ0n) is 7.33. The number of hydrogen-bond donors (Lipinski definition) is 1. The van der Waals surface area contributed by atoms with Crippen LogP contribution in [0, 0.1) is 5.92 Å². The molecule has 1 aliphatic heterocycles. The molecule has 0 spiro atoms. The molecule has 0 aliphatic carbocycles. The summed E-state index contributed by atoms with van der Waals surface area (Å²) in [4.78, 5) is 26.9. The van der Waals surface area contributed by atoms with Gasteiger partial charge in [-0.1, -0.05) is 13.8 Å². The van der Waals surface area contributed by atoms with Gasteiger partial charge in [0.2, 0.25) is 0 Å². The Balaban J connectivity index is 2.75. The highest BCUT2D eigenvalue weighted by atomic mass is 16.7. The molecule has 1 heterocycles. The molecular weight excluding hydrogens is 160 g/mol. The average molecular weight is 172 g/mol. The third-order valence-corrected chi connectivity index (χ3v) is 1.78. The Labute approximate surface area is 70.6 Å². The molecule has 1 rings (SSSR count). The van der Waals surface area contributed by atoms with Crippen LogP contribution in [0.5, 0.6) is 0 Å². The summed E-state index contributed by atoms with van der Waals surface area (Å²) >= 11 is 0. The topological polar surface area (TPSA) is 58.6 Å². The Kier molecular flexibility index (Phi) is 2.32. The summed E-state index contributed by atoms with van der Waals surface area (Å²) in [5.74, 6) is -0.237. The van der Waals surface area contributed by atoms with E-state index in [0.29, 0.717) is 0 Å². The van der Waals surface area contributed by atoms with Gasteiger partial charge in [0.25, 0.3) is 5.91 Å². The van der Waals surface area contributed by atoms with Gasteiger partial charge in [0.05, 0.1) is 7.11 Å². The number of carbonyl (C=O) groups is 2. The molecule has 1 saturated heterocycles.